The van der Waals surface area contributed by atoms with Crippen LogP contribution in [-0.2, 0) is 16.6 Å². The van der Waals surface area contributed by atoms with Crippen molar-refractivity contribution in [1.29, 1.82) is 0 Å². The van der Waals surface area contributed by atoms with E-state index in [1.54, 1.807) is 31.6 Å². The Hall–Kier alpha value is -6.44. The van der Waals surface area contributed by atoms with Gasteiger partial charge in [0.05, 0.1) is 41.1 Å². The smallest absolute Gasteiger partial charge is 0.319 e. The molecule has 15 nitrogen and oxygen atoms in total. The molecule has 16 heteroatoms. The molecule has 3 aliphatic rings. The number of nitrogens with zero attached hydrogens (tertiary/aromatic N) is 9. The number of imide groups is 1. The lowest BCUT2D eigenvalue weighted by Gasteiger charge is -2.37. The number of aryl methyl sites for hydroxylation is 2. The van der Waals surface area contributed by atoms with Gasteiger partial charge in [-0.05, 0) is 80.8 Å². The molecule has 0 spiro atoms. The van der Waals surface area contributed by atoms with E-state index in [4.69, 9.17) is 5.10 Å². The third-order valence-electron chi connectivity index (χ3n) is 12.2. The monoisotopic (exact) mass is 811 g/mol. The summed E-state index contributed by atoms with van der Waals surface area (Å²) in [4.78, 5) is 60.4. The van der Waals surface area contributed by atoms with Crippen LogP contribution in [0, 0.1) is 30.5 Å². The highest BCUT2D eigenvalue weighted by atomic mass is 19.1. The highest BCUT2D eigenvalue weighted by molar-refractivity contribution is 6.09. The number of hydrogen-bond donors (Lipinski definition) is 2. The van der Waals surface area contributed by atoms with E-state index < -0.39 is 23.7 Å². The third-order valence-corrected chi connectivity index (χ3v) is 12.2. The molecule has 9 rings (SSSR count). The van der Waals surface area contributed by atoms with Crippen molar-refractivity contribution in [3.05, 3.63) is 100 Å². The molecule has 2 aliphatic heterocycles. The number of imidazole rings is 1. The molecule has 1 aliphatic carbocycles. The minimum absolute atomic E-state index is 0.123. The highest BCUT2D eigenvalue weighted by Gasteiger charge is 2.32. The van der Waals surface area contributed by atoms with Crippen molar-refractivity contribution in [3.63, 3.8) is 0 Å². The van der Waals surface area contributed by atoms with E-state index in [-0.39, 0.29) is 30.5 Å². The average Bonchev–Trinajstić information content (AvgIpc) is 3.93. The number of carbonyl (C=O) groups is 3. The minimum atomic E-state index is -0.738. The van der Waals surface area contributed by atoms with Gasteiger partial charge in [0.25, 0.3) is 5.91 Å². The number of aromatic nitrogens is 7. The minimum Gasteiger partial charge on any atom is -0.319 e. The molecule has 2 aromatic carbocycles. The van der Waals surface area contributed by atoms with Gasteiger partial charge in [-0.25, -0.2) is 18.7 Å². The molecule has 6 aromatic rings. The number of hydrogen-bond acceptors (Lipinski definition) is 9. The summed E-state index contributed by atoms with van der Waals surface area (Å²) >= 11 is 0. The Bertz CT molecular complexity index is 2760. The third kappa shape index (κ3) is 7.62. The number of benzene rings is 2. The van der Waals surface area contributed by atoms with Crippen LogP contribution in [0.4, 0.5) is 10.1 Å². The van der Waals surface area contributed by atoms with Crippen LogP contribution in [0.25, 0.3) is 27.9 Å². The Morgan fingerprint density at radius 1 is 1.00 bits per heavy atom. The van der Waals surface area contributed by atoms with Gasteiger partial charge < -0.3 is 10.2 Å². The number of piperidine rings is 1. The molecular formula is C44H46FN11O4. The Kier molecular flexibility index (Phi) is 10.6. The molecule has 0 radical (unpaired) electrons. The first kappa shape index (κ1) is 39.0. The molecule has 1 unspecified atom stereocenters. The number of nitrogens with one attached hydrogen (secondary N) is 2. The van der Waals surface area contributed by atoms with Gasteiger partial charge in [0, 0.05) is 70.3 Å². The van der Waals surface area contributed by atoms with E-state index in [0.717, 1.165) is 69.5 Å². The first-order valence-electron chi connectivity index (χ1n) is 20.5. The zero-order chi connectivity index (χ0) is 41.5. The normalized spacial score (nSPS) is 20.3. The van der Waals surface area contributed by atoms with E-state index in [2.05, 4.69) is 42.4 Å². The van der Waals surface area contributed by atoms with Crippen molar-refractivity contribution in [2.24, 2.45) is 13.0 Å². The van der Waals surface area contributed by atoms with Crippen molar-refractivity contribution in [2.75, 3.05) is 44.6 Å². The second-order valence-corrected chi connectivity index (χ2v) is 16.2. The summed E-state index contributed by atoms with van der Waals surface area (Å²) in [5, 5.41) is 14.5. The second kappa shape index (κ2) is 16.3. The van der Waals surface area contributed by atoms with E-state index >= 15 is 4.39 Å². The van der Waals surface area contributed by atoms with E-state index in [0.29, 0.717) is 51.7 Å². The molecule has 0 bridgehead atoms. The van der Waals surface area contributed by atoms with Gasteiger partial charge in [0.2, 0.25) is 11.8 Å². The number of carbonyl (C=O) groups excluding carboxylic acids is 3. The quantitative estimate of drug-likeness (QED) is 0.169. The lowest BCUT2D eigenvalue weighted by Crippen LogP contribution is -2.48. The summed E-state index contributed by atoms with van der Waals surface area (Å²) in [6, 6.07) is 11.7. The van der Waals surface area contributed by atoms with Gasteiger partial charge >= 0.3 is 5.69 Å². The summed E-state index contributed by atoms with van der Waals surface area (Å²) in [5.41, 5.74) is 4.43. The summed E-state index contributed by atoms with van der Waals surface area (Å²) in [6.07, 6.45) is 11.1. The number of halogens is 1. The van der Waals surface area contributed by atoms with E-state index in [1.807, 2.05) is 42.1 Å². The molecule has 308 valence electrons. The number of anilines is 1. The molecule has 2 N–H and O–H groups in total. The van der Waals surface area contributed by atoms with Crippen LogP contribution >= 0.6 is 0 Å². The SMILES string of the molecule is Cc1ccc(-c2nn(C3CCC(CN4CCN(CC#Cc5cccc6c5n(C)c(=O)n6C5CCC(=O)NC5=O)CC4)CC3)cc2NC(=O)c2cnn3cccnc23)c(F)c1. The Morgan fingerprint density at radius 3 is 2.58 bits per heavy atom. The van der Waals surface area contributed by atoms with Crippen LogP contribution in [0.1, 0.15) is 72.1 Å². The number of rotatable bonds is 8. The standard InChI is InChI=1S/C44H46FN11O4/c1-28-9-14-32(34(45)24-28)39-35(48-42(58)33-25-47-54-19-5-17-46-41(33)54)27-55(50-39)31-12-10-29(11-13-31)26-53-22-20-52(21-23-53)18-4-7-30-6-3-8-36-40(30)51(2)44(60)56(36)37-15-16-38(57)49-43(37)59/h3,5-6,8-9,14,17,19,24-25,27,29,31,37H,10-13,15-16,18,20-23,26H2,1-2H3,(H,48,58)(H,49,57,59). The lowest BCUT2D eigenvalue weighted by atomic mass is 9.85. The lowest BCUT2D eigenvalue weighted by molar-refractivity contribution is -0.135. The zero-order valence-electron chi connectivity index (χ0n) is 33.6. The van der Waals surface area contributed by atoms with Gasteiger partial charge in [-0.1, -0.05) is 24.0 Å². The fraction of sp³-hybridized carbons (Fsp3) is 0.386. The first-order valence-corrected chi connectivity index (χ1v) is 20.5. The van der Waals surface area contributed by atoms with Crippen LogP contribution in [-0.4, -0.2) is 100 Å². The predicted molar refractivity (Wildman–Crippen MR) is 223 cm³/mol. The number of amides is 3. The van der Waals surface area contributed by atoms with Crippen LogP contribution in [0.15, 0.2) is 72.0 Å². The van der Waals surface area contributed by atoms with Gasteiger partial charge in [-0.3, -0.25) is 38.4 Å². The van der Waals surface area contributed by atoms with Crippen LogP contribution < -0.4 is 16.3 Å². The van der Waals surface area contributed by atoms with Crippen LogP contribution in [0.2, 0.25) is 0 Å². The first-order chi connectivity index (χ1) is 29.1. The topological polar surface area (TPSA) is 157 Å². The van der Waals surface area contributed by atoms with Gasteiger partial charge in [0.15, 0.2) is 5.65 Å². The molecule has 6 heterocycles. The largest absolute Gasteiger partial charge is 0.329 e. The summed E-state index contributed by atoms with van der Waals surface area (Å²) in [5.74, 6) is 5.61. The van der Waals surface area contributed by atoms with Crippen molar-refractivity contribution < 1.29 is 18.8 Å². The number of para-hydroxylation sites is 1. The van der Waals surface area contributed by atoms with Gasteiger partial charge in [0.1, 0.15) is 23.1 Å². The Morgan fingerprint density at radius 2 is 1.80 bits per heavy atom. The van der Waals surface area contributed by atoms with Crippen molar-refractivity contribution in [1.82, 2.24) is 48.6 Å². The highest BCUT2D eigenvalue weighted by Crippen LogP contribution is 2.37. The molecule has 1 saturated carbocycles. The average molecular weight is 812 g/mol. The number of fused-ring (bicyclic) bond motifs is 2. The second-order valence-electron chi connectivity index (χ2n) is 16.2. The van der Waals surface area contributed by atoms with Crippen LogP contribution in [0.5, 0.6) is 0 Å². The fourth-order valence-electron chi connectivity index (χ4n) is 8.96. The van der Waals surface area contributed by atoms with Crippen molar-refractivity contribution in [3.8, 4) is 23.1 Å². The zero-order valence-corrected chi connectivity index (χ0v) is 33.6. The van der Waals surface area contributed by atoms with E-state index in [9.17, 15) is 19.2 Å². The molecule has 3 amide bonds. The summed E-state index contributed by atoms with van der Waals surface area (Å²) in [6.45, 7) is 7.19. The molecule has 3 fully saturated rings. The molecule has 4 aromatic heterocycles. The van der Waals surface area contributed by atoms with Gasteiger partial charge in [-0.15, -0.1) is 0 Å². The van der Waals surface area contributed by atoms with Crippen LogP contribution in [0.3, 0.4) is 0 Å². The van der Waals surface area contributed by atoms with Crippen molar-refractivity contribution >= 4 is 40.1 Å². The molecule has 60 heavy (non-hydrogen) atoms. The molecular weight excluding hydrogens is 766 g/mol. The Balaban J connectivity index is 0.804. The van der Waals surface area contributed by atoms with Gasteiger partial charge in [-0.2, -0.15) is 10.2 Å². The number of piperazine rings is 1. The molecule has 1 atom stereocenters. The maximum absolute atomic E-state index is 15.3. The summed E-state index contributed by atoms with van der Waals surface area (Å²) in [7, 11) is 1.69. The maximum Gasteiger partial charge on any atom is 0.329 e. The molecule has 2 saturated heterocycles. The maximum atomic E-state index is 15.3. The summed E-state index contributed by atoms with van der Waals surface area (Å²) < 4.78 is 21.8. The predicted octanol–water partition coefficient (Wildman–Crippen LogP) is 4.32. The Labute approximate surface area is 345 Å². The fourth-order valence-corrected chi connectivity index (χ4v) is 8.96. The van der Waals surface area contributed by atoms with E-state index in [1.165, 1.54) is 25.9 Å². The van der Waals surface area contributed by atoms with Crippen molar-refractivity contribution in [2.45, 2.75) is 57.5 Å².